The number of hydrogen-bond donors (Lipinski definition) is 3. The highest BCUT2D eigenvalue weighted by molar-refractivity contribution is 6.02. The minimum absolute atomic E-state index is 0.0737. The van der Waals surface area contributed by atoms with E-state index < -0.39 is 29.6 Å². The molecule has 8 nitrogen and oxygen atoms in total. The molecule has 1 saturated carbocycles. The third-order valence-corrected chi connectivity index (χ3v) is 7.96. The molecule has 2 aromatic carbocycles. The van der Waals surface area contributed by atoms with Gasteiger partial charge in [-0.2, -0.15) is 18.2 Å². The molecule has 0 bridgehead atoms. The summed E-state index contributed by atoms with van der Waals surface area (Å²) in [7, 11) is 0. The number of anilines is 1. The first-order valence-corrected chi connectivity index (χ1v) is 14.0. The SMILES string of the molecule is Cc1ccc(C(F)(F)F)cc1NC(=O)N(Cc1ccc(C(=O)N=C(N)N=N)cc1)C1=CC(C)C(C2CCCCC2)C=C1. The molecule has 4 N–H and O–H groups in total. The van der Waals surface area contributed by atoms with Crippen molar-refractivity contribution in [3.63, 3.8) is 0 Å². The summed E-state index contributed by atoms with van der Waals surface area (Å²) in [6, 6.07) is 9.05. The highest BCUT2D eigenvalue weighted by Crippen LogP contribution is 2.38. The first-order chi connectivity index (χ1) is 20.0. The van der Waals surface area contributed by atoms with Crippen molar-refractivity contribution in [3.05, 3.63) is 88.6 Å². The highest BCUT2D eigenvalue weighted by Gasteiger charge is 2.32. The average Bonchev–Trinajstić information content (AvgIpc) is 2.97. The third kappa shape index (κ3) is 7.51. The van der Waals surface area contributed by atoms with Crippen LogP contribution in [0.5, 0.6) is 0 Å². The van der Waals surface area contributed by atoms with Gasteiger partial charge < -0.3 is 11.1 Å². The van der Waals surface area contributed by atoms with Gasteiger partial charge in [-0.25, -0.2) is 10.3 Å². The maximum Gasteiger partial charge on any atom is 0.416 e. The van der Waals surface area contributed by atoms with Crippen molar-refractivity contribution >= 4 is 23.6 Å². The van der Waals surface area contributed by atoms with E-state index in [2.05, 4.69) is 34.5 Å². The van der Waals surface area contributed by atoms with Crippen molar-refractivity contribution in [1.82, 2.24) is 4.90 Å². The summed E-state index contributed by atoms with van der Waals surface area (Å²) in [5.41, 5.74) is 13.5. The Morgan fingerprint density at radius 1 is 1.10 bits per heavy atom. The molecular weight excluding hydrogens is 545 g/mol. The standard InChI is InChI=1S/C31H35F3N6O2/c1-19-8-13-24(31(32,33)34)17-27(19)37-30(42)40(18-21-9-11-23(12-10-21)28(41)38-29(35)39-36)25-14-15-26(20(2)16-25)22-6-4-3-5-7-22/h8-17,20,22,26,36H,3-7,18H2,1-2H3,(H,37,42)(H2,35,38,41). The lowest BCUT2D eigenvalue weighted by Crippen LogP contribution is -2.35. The number of nitrogens with two attached hydrogens (primary N) is 1. The Morgan fingerprint density at radius 3 is 2.40 bits per heavy atom. The summed E-state index contributed by atoms with van der Waals surface area (Å²) in [5, 5.41) is 5.60. The predicted octanol–water partition coefficient (Wildman–Crippen LogP) is 7.82. The molecule has 2 unspecified atom stereocenters. The van der Waals surface area contributed by atoms with E-state index in [9.17, 15) is 22.8 Å². The van der Waals surface area contributed by atoms with Crippen LogP contribution in [0.3, 0.4) is 0 Å². The van der Waals surface area contributed by atoms with Crippen molar-refractivity contribution in [2.24, 2.45) is 33.6 Å². The maximum absolute atomic E-state index is 13.7. The Hall–Kier alpha value is -4.28. The minimum atomic E-state index is -4.55. The molecule has 2 aliphatic carbocycles. The van der Waals surface area contributed by atoms with Crippen LogP contribution in [0, 0.1) is 30.2 Å². The summed E-state index contributed by atoms with van der Waals surface area (Å²) in [6.45, 7) is 3.87. The number of rotatable bonds is 6. The van der Waals surface area contributed by atoms with Gasteiger partial charge in [-0.15, -0.1) is 5.11 Å². The van der Waals surface area contributed by atoms with Crippen molar-refractivity contribution in [2.75, 3.05) is 5.32 Å². The quantitative estimate of drug-likeness (QED) is 0.183. The number of guanidine groups is 1. The number of hydrogen-bond acceptors (Lipinski definition) is 3. The maximum atomic E-state index is 13.7. The van der Waals surface area contributed by atoms with Gasteiger partial charge in [-0.05, 0) is 79.0 Å². The van der Waals surface area contributed by atoms with Crippen molar-refractivity contribution < 1.29 is 22.8 Å². The highest BCUT2D eigenvalue weighted by atomic mass is 19.4. The Kier molecular flexibility index (Phi) is 9.59. The molecule has 11 heteroatoms. The number of carbonyl (C=O) groups excluding carboxylic acids is 2. The lowest BCUT2D eigenvalue weighted by atomic mass is 9.73. The normalized spacial score (nSPS) is 19.6. The smallest absolute Gasteiger partial charge is 0.366 e. The molecule has 1 fully saturated rings. The van der Waals surface area contributed by atoms with Crippen LogP contribution in [-0.4, -0.2) is 22.8 Å². The fourth-order valence-electron chi connectivity index (χ4n) is 5.63. The van der Waals surface area contributed by atoms with Gasteiger partial charge in [0.05, 0.1) is 12.1 Å². The summed E-state index contributed by atoms with van der Waals surface area (Å²) >= 11 is 0. The molecule has 2 aromatic rings. The van der Waals surface area contributed by atoms with Crippen LogP contribution >= 0.6 is 0 Å². The van der Waals surface area contributed by atoms with E-state index in [1.807, 2.05) is 6.08 Å². The van der Waals surface area contributed by atoms with Crippen molar-refractivity contribution in [2.45, 2.75) is 58.7 Å². The minimum Gasteiger partial charge on any atom is -0.366 e. The zero-order chi connectivity index (χ0) is 30.4. The Labute approximate surface area is 243 Å². The van der Waals surface area contributed by atoms with E-state index in [1.165, 1.54) is 55.2 Å². The number of aliphatic imine (C=N–C) groups is 1. The molecule has 3 amide bonds. The molecule has 0 radical (unpaired) electrons. The summed E-state index contributed by atoms with van der Waals surface area (Å²) in [6.07, 6.45) is 7.65. The second-order valence-electron chi connectivity index (χ2n) is 10.9. The van der Waals surface area contributed by atoms with Gasteiger partial charge in [0.1, 0.15) is 0 Å². The van der Waals surface area contributed by atoms with E-state index in [0.29, 0.717) is 28.7 Å². The zero-order valence-corrected chi connectivity index (χ0v) is 23.6. The fraction of sp³-hybridized carbons (Fsp3) is 0.387. The lowest BCUT2D eigenvalue weighted by Gasteiger charge is -2.35. The summed E-state index contributed by atoms with van der Waals surface area (Å²) in [4.78, 5) is 31.0. The third-order valence-electron chi connectivity index (χ3n) is 7.96. The first-order valence-electron chi connectivity index (χ1n) is 14.0. The number of benzene rings is 2. The average molecular weight is 581 g/mol. The van der Waals surface area contributed by atoms with Crippen LogP contribution in [0.1, 0.15) is 66.1 Å². The van der Waals surface area contributed by atoms with Gasteiger partial charge in [-0.1, -0.05) is 56.5 Å². The molecule has 2 aliphatic rings. The lowest BCUT2D eigenvalue weighted by molar-refractivity contribution is -0.137. The zero-order valence-electron chi connectivity index (χ0n) is 23.6. The summed E-state index contributed by atoms with van der Waals surface area (Å²) in [5.74, 6) is -0.0102. The molecule has 0 aliphatic heterocycles. The molecule has 222 valence electrons. The molecule has 2 atom stereocenters. The molecule has 0 heterocycles. The van der Waals surface area contributed by atoms with Gasteiger partial charge in [0.15, 0.2) is 0 Å². The molecule has 0 saturated heterocycles. The number of nitrogens with one attached hydrogen (secondary N) is 2. The Morgan fingerprint density at radius 2 is 1.79 bits per heavy atom. The van der Waals surface area contributed by atoms with E-state index in [1.54, 1.807) is 19.1 Å². The van der Waals surface area contributed by atoms with Gasteiger partial charge in [0.25, 0.3) is 5.91 Å². The number of halogens is 3. The van der Waals surface area contributed by atoms with Crippen LogP contribution in [0.25, 0.3) is 0 Å². The number of amides is 3. The Bertz CT molecular complexity index is 1410. The number of aryl methyl sites for hydroxylation is 1. The van der Waals surface area contributed by atoms with E-state index in [0.717, 1.165) is 12.1 Å². The van der Waals surface area contributed by atoms with Gasteiger partial charge in [-0.3, -0.25) is 9.69 Å². The van der Waals surface area contributed by atoms with Crippen molar-refractivity contribution in [3.8, 4) is 0 Å². The number of allylic oxidation sites excluding steroid dienone is 3. The molecule has 42 heavy (non-hydrogen) atoms. The molecular formula is C31H35F3N6O2. The van der Waals surface area contributed by atoms with Crippen LogP contribution in [0.15, 0.2) is 76.5 Å². The Balaban J connectivity index is 1.61. The number of alkyl halides is 3. The van der Waals surface area contributed by atoms with Crippen LogP contribution in [0.2, 0.25) is 0 Å². The molecule has 0 spiro atoms. The van der Waals surface area contributed by atoms with Crippen molar-refractivity contribution in [1.29, 1.82) is 5.53 Å². The number of carbonyl (C=O) groups is 2. The monoisotopic (exact) mass is 580 g/mol. The largest absolute Gasteiger partial charge is 0.416 e. The van der Waals surface area contributed by atoms with Gasteiger partial charge in [0, 0.05) is 16.9 Å². The van der Waals surface area contributed by atoms with Crippen LogP contribution in [-0.2, 0) is 12.7 Å². The molecule has 0 aromatic heterocycles. The number of urea groups is 1. The van der Waals surface area contributed by atoms with Gasteiger partial charge >= 0.3 is 12.2 Å². The van der Waals surface area contributed by atoms with Gasteiger partial charge in [0.2, 0.25) is 5.96 Å². The van der Waals surface area contributed by atoms with E-state index >= 15 is 0 Å². The topological polar surface area (TPSA) is 124 Å². The summed E-state index contributed by atoms with van der Waals surface area (Å²) < 4.78 is 40.2. The van der Waals surface area contributed by atoms with Crippen LogP contribution < -0.4 is 11.1 Å². The van der Waals surface area contributed by atoms with E-state index in [4.69, 9.17) is 11.3 Å². The predicted molar refractivity (Wildman–Crippen MR) is 155 cm³/mol. The fourth-order valence-corrected chi connectivity index (χ4v) is 5.63. The number of nitrogens with zero attached hydrogens (tertiary/aromatic N) is 3. The van der Waals surface area contributed by atoms with Crippen LogP contribution in [0.4, 0.5) is 23.7 Å². The first kappa shape index (κ1) is 30.7. The second kappa shape index (κ2) is 13.1. The second-order valence-corrected chi connectivity index (χ2v) is 10.9. The van der Waals surface area contributed by atoms with E-state index in [-0.39, 0.29) is 23.7 Å². The molecule has 4 rings (SSSR count).